The molecule has 176 valence electrons. The van der Waals surface area contributed by atoms with Gasteiger partial charge in [0.25, 0.3) is 0 Å². The van der Waals surface area contributed by atoms with Crippen LogP contribution in [-0.4, -0.2) is 36.9 Å². The van der Waals surface area contributed by atoms with Crippen molar-refractivity contribution in [2.75, 3.05) is 14.2 Å². The van der Waals surface area contributed by atoms with E-state index in [1.165, 1.54) is 6.42 Å². The fourth-order valence-electron chi connectivity index (χ4n) is 8.86. The molecule has 4 fully saturated rings. The average Bonchev–Trinajstić information content (AvgIpc) is 3.09. The van der Waals surface area contributed by atoms with Gasteiger partial charge in [-0.15, -0.1) is 0 Å². The Morgan fingerprint density at radius 1 is 1.06 bits per heavy atom. The number of methoxy groups -OCH3 is 2. The molecule has 4 rings (SSSR count). The Morgan fingerprint density at radius 2 is 1.74 bits per heavy atom. The summed E-state index contributed by atoms with van der Waals surface area (Å²) in [6.07, 6.45) is 9.05. The smallest absolute Gasteiger partial charge is 0.303 e. The first-order valence-corrected chi connectivity index (χ1v) is 12.4. The molecular weight excluding hydrogens is 392 g/mol. The second-order valence-electron chi connectivity index (χ2n) is 11.8. The van der Waals surface area contributed by atoms with E-state index < -0.39 is 11.8 Å². The molecule has 0 saturated heterocycles. The number of Topliss-reactive ketones (excluding diaryl/α,β-unsaturated/α-hetero) is 1. The maximum atomic E-state index is 13.6. The van der Waals surface area contributed by atoms with Crippen LogP contribution in [0.5, 0.6) is 0 Å². The van der Waals surface area contributed by atoms with E-state index in [0.717, 1.165) is 44.9 Å². The van der Waals surface area contributed by atoms with Crippen molar-refractivity contribution in [3.63, 3.8) is 0 Å². The molecule has 0 aromatic heterocycles. The summed E-state index contributed by atoms with van der Waals surface area (Å²) in [5.74, 6) is 1.66. The van der Waals surface area contributed by atoms with Gasteiger partial charge in [0.15, 0.2) is 5.79 Å². The van der Waals surface area contributed by atoms with Gasteiger partial charge in [-0.3, -0.25) is 9.59 Å². The number of hydrogen-bond donors (Lipinski definition) is 1. The molecule has 0 aromatic rings. The standard InChI is InChI=1S/C26H42O5/c1-16(6-9-22(28)29)18-7-8-19-23-20(10-11-25(18,19)3)24(2)12-13-26(30-4,31-5)15-17(24)14-21(23)27/h16-20,23H,6-15H2,1-5H3,(H,28,29). The Morgan fingerprint density at radius 3 is 2.39 bits per heavy atom. The lowest BCUT2D eigenvalue weighted by atomic mass is 9.44. The summed E-state index contributed by atoms with van der Waals surface area (Å²) in [5.41, 5.74) is 0.364. The minimum atomic E-state index is -0.697. The normalized spacial score (nSPS) is 44.8. The second kappa shape index (κ2) is 8.13. The van der Waals surface area contributed by atoms with Crippen LogP contribution in [0, 0.1) is 46.3 Å². The van der Waals surface area contributed by atoms with Crippen LogP contribution in [0.15, 0.2) is 0 Å². The quantitative estimate of drug-likeness (QED) is 0.573. The Hall–Kier alpha value is -0.940. The summed E-state index contributed by atoms with van der Waals surface area (Å²) in [5, 5.41) is 9.14. The summed E-state index contributed by atoms with van der Waals surface area (Å²) >= 11 is 0. The zero-order valence-corrected chi connectivity index (χ0v) is 20.1. The number of ketones is 1. The zero-order valence-electron chi connectivity index (χ0n) is 20.1. The highest BCUT2D eigenvalue weighted by molar-refractivity contribution is 5.83. The molecule has 5 nitrogen and oxygen atoms in total. The number of ether oxygens (including phenoxy) is 2. The van der Waals surface area contributed by atoms with Crippen molar-refractivity contribution in [2.45, 2.75) is 90.8 Å². The minimum Gasteiger partial charge on any atom is -0.481 e. The zero-order chi connectivity index (χ0) is 22.6. The highest BCUT2D eigenvalue weighted by Gasteiger charge is 2.64. The molecular formula is C26H42O5. The molecule has 0 bridgehead atoms. The van der Waals surface area contributed by atoms with Crippen molar-refractivity contribution in [3.8, 4) is 0 Å². The van der Waals surface area contributed by atoms with Crippen LogP contribution < -0.4 is 0 Å². The summed E-state index contributed by atoms with van der Waals surface area (Å²) in [7, 11) is 3.46. The van der Waals surface area contributed by atoms with Gasteiger partial charge in [0.2, 0.25) is 0 Å². The fourth-order valence-corrected chi connectivity index (χ4v) is 8.86. The van der Waals surface area contributed by atoms with Crippen LogP contribution in [0.2, 0.25) is 0 Å². The molecule has 1 N–H and O–H groups in total. The number of carboxylic acid groups (broad SMARTS) is 1. The van der Waals surface area contributed by atoms with Gasteiger partial charge in [0.05, 0.1) is 0 Å². The third-order valence-corrected chi connectivity index (χ3v) is 10.8. The Balaban J connectivity index is 1.56. The molecule has 0 spiro atoms. The Kier molecular flexibility index (Phi) is 6.09. The predicted molar refractivity (Wildman–Crippen MR) is 118 cm³/mol. The lowest BCUT2D eigenvalue weighted by molar-refractivity contribution is -0.258. The van der Waals surface area contributed by atoms with Crippen molar-refractivity contribution in [1.29, 1.82) is 0 Å². The van der Waals surface area contributed by atoms with Crippen LogP contribution in [0.3, 0.4) is 0 Å². The van der Waals surface area contributed by atoms with Crippen molar-refractivity contribution >= 4 is 11.8 Å². The molecule has 0 heterocycles. The van der Waals surface area contributed by atoms with Crippen molar-refractivity contribution in [3.05, 3.63) is 0 Å². The van der Waals surface area contributed by atoms with Crippen LogP contribution >= 0.6 is 0 Å². The molecule has 0 amide bonds. The summed E-state index contributed by atoms with van der Waals surface area (Å²) in [6, 6.07) is 0. The van der Waals surface area contributed by atoms with E-state index in [0.29, 0.717) is 41.8 Å². The Bertz CT molecular complexity index is 715. The number of aliphatic carboxylic acids is 1. The highest BCUT2D eigenvalue weighted by Crippen LogP contribution is 2.68. The number of carbonyl (C=O) groups excluding carboxylic acids is 1. The van der Waals surface area contributed by atoms with E-state index in [-0.39, 0.29) is 23.2 Å². The van der Waals surface area contributed by atoms with Gasteiger partial charge in [-0.05, 0) is 78.9 Å². The van der Waals surface area contributed by atoms with Gasteiger partial charge in [0.1, 0.15) is 5.78 Å². The summed E-state index contributed by atoms with van der Waals surface area (Å²) < 4.78 is 11.6. The molecule has 31 heavy (non-hydrogen) atoms. The van der Waals surface area contributed by atoms with E-state index in [1.807, 2.05) is 0 Å². The molecule has 0 aromatic carbocycles. The lowest BCUT2D eigenvalue weighted by Crippen LogP contribution is -2.59. The maximum absolute atomic E-state index is 13.6. The number of rotatable bonds is 6. The first-order chi connectivity index (χ1) is 14.6. The molecule has 5 heteroatoms. The van der Waals surface area contributed by atoms with Gasteiger partial charge < -0.3 is 14.6 Å². The first-order valence-electron chi connectivity index (χ1n) is 12.4. The third kappa shape index (κ3) is 3.58. The van der Waals surface area contributed by atoms with Crippen LogP contribution in [-0.2, 0) is 19.1 Å². The molecule has 8 unspecified atom stereocenters. The highest BCUT2D eigenvalue weighted by atomic mass is 16.7. The third-order valence-electron chi connectivity index (χ3n) is 10.8. The number of carboxylic acids is 1. The Labute approximate surface area is 187 Å². The lowest BCUT2D eigenvalue weighted by Gasteiger charge is -2.61. The second-order valence-corrected chi connectivity index (χ2v) is 11.8. The monoisotopic (exact) mass is 434 g/mol. The largest absolute Gasteiger partial charge is 0.481 e. The summed E-state index contributed by atoms with van der Waals surface area (Å²) in [6.45, 7) is 7.11. The van der Waals surface area contributed by atoms with Gasteiger partial charge >= 0.3 is 5.97 Å². The molecule has 0 radical (unpaired) electrons. The number of fused-ring (bicyclic) bond motifs is 5. The van der Waals surface area contributed by atoms with Crippen molar-refractivity contribution < 1.29 is 24.2 Å². The fraction of sp³-hybridized carbons (Fsp3) is 0.923. The predicted octanol–water partition coefficient (Wildman–Crippen LogP) is 5.31. The van der Waals surface area contributed by atoms with Crippen LogP contribution in [0.1, 0.15) is 85.0 Å². The number of hydrogen-bond acceptors (Lipinski definition) is 4. The van der Waals surface area contributed by atoms with Gasteiger partial charge in [0, 0.05) is 45.8 Å². The van der Waals surface area contributed by atoms with Crippen molar-refractivity contribution in [2.24, 2.45) is 46.3 Å². The number of carbonyl (C=O) groups is 2. The maximum Gasteiger partial charge on any atom is 0.303 e. The van der Waals surface area contributed by atoms with E-state index >= 15 is 0 Å². The summed E-state index contributed by atoms with van der Waals surface area (Å²) in [4.78, 5) is 24.7. The van der Waals surface area contributed by atoms with Crippen LogP contribution in [0.4, 0.5) is 0 Å². The van der Waals surface area contributed by atoms with E-state index in [2.05, 4.69) is 20.8 Å². The molecule has 4 saturated carbocycles. The van der Waals surface area contributed by atoms with E-state index in [4.69, 9.17) is 14.6 Å². The van der Waals surface area contributed by atoms with Gasteiger partial charge in [-0.2, -0.15) is 0 Å². The first kappa shape index (κ1) is 23.2. The topological polar surface area (TPSA) is 72.8 Å². The SMILES string of the molecule is COC1(OC)CCC2(C)C(CC(=O)C3C2CCC2(C)C(C(C)CCC(=O)O)CCC32)C1. The molecule has 8 atom stereocenters. The van der Waals surface area contributed by atoms with E-state index in [1.54, 1.807) is 14.2 Å². The van der Waals surface area contributed by atoms with Gasteiger partial charge in [-0.1, -0.05) is 20.8 Å². The average molecular weight is 435 g/mol. The van der Waals surface area contributed by atoms with Crippen molar-refractivity contribution in [1.82, 2.24) is 0 Å². The molecule has 4 aliphatic carbocycles. The van der Waals surface area contributed by atoms with E-state index in [9.17, 15) is 9.59 Å². The molecule has 0 aliphatic heterocycles. The molecule has 4 aliphatic rings. The van der Waals surface area contributed by atoms with Gasteiger partial charge in [-0.25, -0.2) is 0 Å². The minimum absolute atomic E-state index is 0.176. The van der Waals surface area contributed by atoms with Crippen LogP contribution in [0.25, 0.3) is 0 Å².